The molecule has 25 heavy (non-hydrogen) atoms. The molecule has 1 atom stereocenters. The number of carbonyl (C=O) groups is 3. The molecule has 0 aromatic heterocycles. The minimum absolute atomic E-state index is 0.128. The van der Waals surface area contributed by atoms with E-state index in [9.17, 15) is 19.5 Å². The number of benzene rings is 1. The van der Waals surface area contributed by atoms with Crippen LogP contribution in [0.2, 0.25) is 0 Å². The van der Waals surface area contributed by atoms with Crippen molar-refractivity contribution in [2.45, 2.75) is 33.3 Å². The molecular formula is C17H23N3O5. The number of ether oxygens (including phenoxy) is 1. The molecule has 3 amide bonds. The Morgan fingerprint density at radius 1 is 1.36 bits per heavy atom. The number of primary amides is 1. The van der Waals surface area contributed by atoms with Crippen molar-refractivity contribution in [1.29, 1.82) is 0 Å². The summed E-state index contributed by atoms with van der Waals surface area (Å²) in [5.74, 6) is -1.24. The molecule has 0 radical (unpaired) electrons. The Bertz CT molecular complexity index is 704. The molecule has 0 aliphatic carbocycles. The molecule has 1 fully saturated rings. The van der Waals surface area contributed by atoms with Gasteiger partial charge in [-0.15, -0.1) is 0 Å². The number of carbonyl (C=O) groups excluding carboxylic acids is 2. The highest BCUT2D eigenvalue weighted by Gasteiger charge is 2.42. The van der Waals surface area contributed by atoms with Gasteiger partial charge in [-0.1, -0.05) is 0 Å². The van der Waals surface area contributed by atoms with Gasteiger partial charge in [0.15, 0.2) is 0 Å². The number of nitrogens with one attached hydrogen (secondary N) is 1. The first-order valence-electron chi connectivity index (χ1n) is 8.02. The van der Waals surface area contributed by atoms with Gasteiger partial charge in [0.2, 0.25) is 0 Å². The Kier molecular flexibility index (Phi) is 5.20. The highest BCUT2D eigenvalue weighted by atomic mass is 16.5. The van der Waals surface area contributed by atoms with Crippen molar-refractivity contribution in [2.75, 3.05) is 18.4 Å². The highest BCUT2D eigenvalue weighted by molar-refractivity contribution is 5.98. The number of hydrogen-bond acceptors (Lipinski definition) is 4. The lowest BCUT2D eigenvalue weighted by Gasteiger charge is -2.21. The van der Waals surface area contributed by atoms with Gasteiger partial charge in [0, 0.05) is 18.8 Å². The third-order valence-corrected chi connectivity index (χ3v) is 4.14. The third-order valence-electron chi connectivity index (χ3n) is 4.14. The fourth-order valence-corrected chi connectivity index (χ4v) is 2.67. The smallest absolute Gasteiger partial charge is 0.321 e. The van der Waals surface area contributed by atoms with E-state index in [1.54, 1.807) is 19.1 Å². The molecule has 1 aromatic rings. The second-order valence-electron chi connectivity index (χ2n) is 6.71. The van der Waals surface area contributed by atoms with Gasteiger partial charge in [0.05, 0.1) is 17.1 Å². The molecule has 8 nitrogen and oxygen atoms in total. The molecule has 1 saturated heterocycles. The topological polar surface area (TPSA) is 122 Å². The largest absolute Gasteiger partial charge is 0.490 e. The van der Waals surface area contributed by atoms with Crippen molar-refractivity contribution in [1.82, 2.24) is 4.90 Å². The van der Waals surface area contributed by atoms with Crippen LogP contribution in [0.25, 0.3) is 0 Å². The number of likely N-dealkylation sites (tertiary alicyclic amines) is 1. The molecule has 0 saturated carbocycles. The summed E-state index contributed by atoms with van der Waals surface area (Å²) >= 11 is 0. The van der Waals surface area contributed by atoms with Crippen LogP contribution in [-0.4, -0.2) is 47.1 Å². The second-order valence-corrected chi connectivity index (χ2v) is 6.71. The van der Waals surface area contributed by atoms with Crippen LogP contribution < -0.4 is 15.8 Å². The number of carboxylic acid groups (broad SMARTS) is 1. The van der Waals surface area contributed by atoms with Crippen LogP contribution in [0.15, 0.2) is 18.2 Å². The SMILES string of the molecule is CC(C)Oc1ccc(NC(=O)N2CCC(C)(C(=O)O)C2)cc1C(N)=O. The predicted molar refractivity (Wildman–Crippen MR) is 91.7 cm³/mol. The van der Waals surface area contributed by atoms with Gasteiger partial charge < -0.3 is 25.8 Å². The summed E-state index contributed by atoms with van der Waals surface area (Å²) in [5, 5.41) is 11.9. The first-order chi connectivity index (χ1) is 11.6. The molecular weight excluding hydrogens is 326 g/mol. The maximum absolute atomic E-state index is 12.3. The van der Waals surface area contributed by atoms with Crippen molar-refractivity contribution in [2.24, 2.45) is 11.1 Å². The van der Waals surface area contributed by atoms with Crippen molar-refractivity contribution in [3.05, 3.63) is 23.8 Å². The minimum Gasteiger partial charge on any atom is -0.490 e. The first kappa shape index (κ1) is 18.6. The Morgan fingerprint density at radius 2 is 2.04 bits per heavy atom. The molecule has 1 aromatic carbocycles. The fourth-order valence-electron chi connectivity index (χ4n) is 2.67. The summed E-state index contributed by atoms with van der Waals surface area (Å²) in [6, 6.07) is 4.21. The summed E-state index contributed by atoms with van der Waals surface area (Å²) in [4.78, 5) is 36.7. The van der Waals surface area contributed by atoms with E-state index in [1.807, 2.05) is 13.8 Å². The third kappa shape index (κ3) is 4.20. The van der Waals surface area contributed by atoms with E-state index in [2.05, 4.69) is 5.32 Å². The highest BCUT2D eigenvalue weighted by Crippen LogP contribution is 2.31. The van der Waals surface area contributed by atoms with E-state index in [1.165, 1.54) is 11.0 Å². The average Bonchev–Trinajstić information content (AvgIpc) is 2.92. The van der Waals surface area contributed by atoms with E-state index in [-0.39, 0.29) is 18.2 Å². The zero-order valence-corrected chi connectivity index (χ0v) is 14.5. The lowest BCUT2D eigenvalue weighted by molar-refractivity contribution is -0.146. The summed E-state index contributed by atoms with van der Waals surface area (Å²) < 4.78 is 5.53. The van der Waals surface area contributed by atoms with E-state index >= 15 is 0 Å². The summed E-state index contributed by atoms with van der Waals surface area (Å²) in [6.07, 6.45) is 0.264. The van der Waals surface area contributed by atoms with Crippen LogP contribution in [0.5, 0.6) is 5.75 Å². The number of nitrogens with zero attached hydrogens (tertiary/aromatic N) is 1. The monoisotopic (exact) mass is 349 g/mol. The normalized spacial score (nSPS) is 19.8. The number of aliphatic carboxylic acids is 1. The van der Waals surface area contributed by atoms with Gasteiger partial charge in [0.1, 0.15) is 5.75 Å². The Balaban J connectivity index is 2.12. The molecule has 1 aliphatic rings. The Morgan fingerprint density at radius 3 is 2.56 bits per heavy atom. The van der Waals surface area contributed by atoms with Crippen molar-refractivity contribution >= 4 is 23.6 Å². The van der Waals surface area contributed by atoms with Crippen LogP contribution >= 0.6 is 0 Å². The number of anilines is 1. The zero-order valence-electron chi connectivity index (χ0n) is 14.5. The first-order valence-corrected chi connectivity index (χ1v) is 8.02. The standard InChI is InChI=1S/C17H23N3O5/c1-10(2)25-13-5-4-11(8-12(13)14(18)21)19-16(24)20-7-6-17(3,9-20)15(22)23/h4-5,8,10H,6-7,9H2,1-3H3,(H2,18,21)(H,19,24)(H,22,23). The fraction of sp³-hybridized carbons (Fsp3) is 0.471. The van der Waals surface area contributed by atoms with E-state index in [0.717, 1.165) is 0 Å². The second kappa shape index (κ2) is 7.00. The molecule has 1 aliphatic heterocycles. The van der Waals surface area contributed by atoms with Crippen molar-refractivity contribution in [3.8, 4) is 5.75 Å². The van der Waals surface area contributed by atoms with Crippen LogP contribution in [0.1, 0.15) is 37.6 Å². The average molecular weight is 349 g/mol. The zero-order chi connectivity index (χ0) is 18.8. The van der Waals surface area contributed by atoms with E-state index in [4.69, 9.17) is 10.5 Å². The molecule has 2 rings (SSSR count). The summed E-state index contributed by atoms with van der Waals surface area (Å²) in [6.45, 7) is 5.75. The van der Waals surface area contributed by atoms with Gasteiger partial charge in [0.25, 0.3) is 5.91 Å². The lowest BCUT2D eigenvalue weighted by atomic mass is 9.90. The van der Waals surface area contributed by atoms with Crippen molar-refractivity contribution < 1.29 is 24.2 Å². The van der Waals surface area contributed by atoms with Gasteiger partial charge in [-0.05, 0) is 45.4 Å². The number of amides is 3. The Labute approximate surface area is 145 Å². The maximum atomic E-state index is 12.3. The number of urea groups is 1. The van der Waals surface area contributed by atoms with Gasteiger partial charge >= 0.3 is 12.0 Å². The predicted octanol–water partition coefficient (Wildman–Crippen LogP) is 1.90. The molecule has 136 valence electrons. The number of hydrogen-bond donors (Lipinski definition) is 3. The molecule has 1 heterocycles. The molecule has 1 unspecified atom stereocenters. The summed E-state index contributed by atoms with van der Waals surface area (Å²) in [7, 11) is 0. The number of nitrogens with two attached hydrogens (primary N) is 1. The van der Waals surface area contributed by atoms with Crippen LogP contribution in [0, 0.1) is 5.41 Å². The van der Waals surface area contributed by atoms with Gasteiger partial charge in [-0.2, -0.15) is 0 Å². The quantitative estimate of drug-likeness (QED) is 0.749. The van der Waals surface area contributed by atoms with Gasteiger partial charge in [-0.3, -0.25) is 9.59 Å². The van der Waals surface area contributed by atoms with Crippen LogP contribution in [0.4, 0.5) is 10.5 Å². The molecule has 8 heteroatoms. The number of rotatable bonds is 5. The maximum Gasteiger partial charge on any atom is 0.321 e. The van der Waals surface area contributed by atoms with Crippen molar-refractivity contribution in [3.63, 3.8) is 0 Å². The molecule has 0 bridgehead atoms. The van der Waals surface area contributed by atoms with Crippen LogP contribution in [0.3, 0.4) is 0 Å². The Hall–Kier alpha value is -2.77. The summed E-state index contributed by atoms with van der Waals surface area (Å²) in [5.41, 5.74) is 4.99. The number of carboxylic acids is 1. The lowest BCUT2D eigenvalue weighted by Crippen LogP contribution is -2.37. The molecule has 4 N–H and O–H groups in total. The van der Waals surface area contributed by atoms with Gasteiger partial charge in [-0.25, -0.2) is 4.79 Å². The van der Waals surface area contributed by atoms with E-state index < -0.39 is 23.3 Å². The molecule has 0 spiro atoms. The minimum atomic E-state index is -0.940. The van der Waals surface area contributed by atoms with E-state index in [0.29, 0.717) is 24.4 Å². The van der Waals surface area contributed by atoms with Crippen LogP contribution in [-0.2, 0) is 4.79 Å².